The minimum absolute atomic E-state index is 0.0825. The summed E-state index contributed by atoms with van der Waals surface area (Å²) in [6.07, 6.45) is 4.22. The molecule has 3 aromatic rings. The molecule has 0 unspecified atom stereocenters. The molecule has 144 valence electrons. The Kier molecular flexibility index (Phi) is 5.32. The first-order valence-corrected chi connectivity index (χ1v) is 9.40. The average molecular weight is 404 g/mol. The summed E-state index contributed by atoms with van der Waals surface area (Å²) in [5.74, 6) is -2.05. The van der Waals surface area contributed by atoms with Gasteiger partial charge in [0.05, 0.1) is 11.9 Å². The Labute approximate surface area is 159 Å². The van der Waals surface area contributed by atoms with Gasteiger partial charge in [0, 0.05) is 30.9 Å². The molecule has 28 heavy (non-hydrogen) atoms. The van der Waals surface area contributed by atoms with E-state index in [1.807, 2.05) is 0 Å². The normalized spacial score (nSPS) is 11.1. The van der Waals surface area contributed by atoms with Crippen LogP contribution in [0.1, 0.15) is 6.92 Å². The molecule has 7 nitrogen and oxygen atoms in total. The van der Waals surface area contributed by atoms with Crippen LogP contribution in [0.3, 0.4) is 0 Å². The molecule has 0 aliphatic heterocycles. The van der Waals surface area contributed by atoms with Crippen molar-refractivity contribution in [3.8, 4) is 11.1 Å². The molecule has 0 saturated heterocycles. The van der Waals surface area contributed by atoms with E-state index >= 15 is 0 Å². The van der Waals surface area contributed by atoms with Crippen LogP contribution in [0.5, 0.6) is 0 Å². The molecule has 0 aliphatic rings. The van der Waals surface area contributed by atoms with Crippen LogP contribution >= 0.6 is 0 Å². The van der Waals surface area contributed by atoms with E-state index in [-0.39, 0.29) is 11.6 Å². The SMILES string of the molecule is CC(=O)Nc1cc(-c2cncc(NS(=O)(=O)c3ccc(F)cc3F)c2)ccn1. The van der Waals surface area contributed by atoms with Gasteiger partial charge in [-0.3, -0.25) is 14.5 Å². The summed E-state index contributed by atoms with van der Waals surface area (Å²) in [5.41, 5.74) is 1.24. The van der Waals surface area contributed by atoms with Crippen LogP contribution in [0.2, 0.25) is 0 Å². The molecule has 2 aromatic heterocycles. The molecule has 0 bridgehead atoms. The van der Waals surface area contributed by atoms with Crippen molar-refractivity contribution in [1.82, 2.24) is 9.97 Å². The van der Waals surface area contributed by atoms with Crippen molar-refractivity contribution < 1.29 is 22.0 Å². The Balaban J connectivity index is 1.90. The number of hydrogen-bond donors (Lipinski definition) is 2. The van der Waals surface area contributed by atoms with E-state index in [9.17, 15) is 22.0 Å². The van der Waals surface area contributed by atoms with Gasteiger partial charge in [-0.25, -0.2) is 22.2 Å². The summed E-state index contributed by atoms with van der Waals surface area (Å²) < 4.78 is 53.9. The lowest BCUT2D eigenvalue weighted by molar-refractivity contribution is -0.114. The number of amides is 1. The minimum Gasteiger partial charge on any atom is -0.311 e. The van der Waals surface area contributed by atoms with Crippen LogP contribution in [0.4, 0.5) is 20.3 Å². The van der Waals surface area contributed by atoms with Gasteiger partial charge in [-0.2, -0.15) is 0 Å². The molecular formula is C18H14F2N4O3S. The Morgan fingerprint density at radius 2 is 1.82 bits per heavy atom. The van der Waals surface area contributed by atoms with Crippen molar-refractivity contribution >= 4 is 27.4 Å². The zero-order chi connectivity index (χ0) is 20.3. The highest BCUT2D eigenvalue weighted by Crippen LogP contribution is 2.25. The molecule has 0 radical (unpaired) electrons. The van der Waals surface area contributed by atoms with Gasteiger partial charge in [0.1, 0.15) is 22.3 Å². The topological polar surface area (TPSA) is 101 Å². The monoisotopic (exact) mass is 404 g/mol. The van der Waals surface area contributed by atoms with Crippen LogP contribution in [0.25, 0.3) is 11.1 Å². The molecule has 3 rings (SSSR count). The van der Waals surface area contributed by atoms with Gasteiger partial charge in [0.15, 0.2) is 0 Å². The van der Waals surface area contributed by atoms with Crippen LogP contribution in [-0.2, 0) is 14.8 Å². The van der Waals surface area contributed by atoms with Crippen molar-refractivity contribution in [3.05, 3.63) is 66.6 Å². The van der Waals surface area contributed by atoms with Gasteiger partial charge < -0.3 is 5.32 Å². The Morgan fingerprint density at radius 3 is 2.54 bits per heavy atom. The summed E-state index contributed by atoms with van der Waals surface area (Å²) in [7, 11) is -4.28. The maximum atomic E-state index is 13.8. The number of nitrogens with zero attached hydrogens (tertiary/aromatic N) is 2. The highest BCUT2D eigenvalue weighted by atomic mass is 32.2. The van der Waals surface area contributed by atoms with E-state index in [1.54, 1.807) is 12.1 Å². The fraction of sp³-hybridized carbons (Fsp3) is 0.0556. The van der Waals surface area contributed by atoms with E-state index < -0.39 is 26.6 Å². The Hall–Kier alpha value is -3.40. The first-order valence-electron chi connectivity index (χ1n) is 7.91. The summed E-state index contributed by atoms with van der Waals surface area (Å²) in [5, 5.41) is 2.55. The molecule has 10 heteroatoms. The zero-order valence-corrected chi connectivity index (χ0v) is 15.3. The molecule has 1 aromatic carbocycles. The second-order valence-corrected chi connectivity index (χ2v) is 7.40. The molecule has 2 heterocycles. The lowest BCUT2D eigenvalue weighted by Crippen LogP contribution is -2.15. The van der Waals surface area contributed by atoms with Crippen LogP contribution in [0.15, 0.2) is 59.9 Å². The van der Waals surface area contributed by atoms with Gasteiger partial charge in [0.25, 0.3) is 10.0 Å². The summed E-state index contributed by atoms with van der Waals surface area (Å²) in [6.45, 7) is 1.35. The fourth-order valence-electron chi connectivity index (χ4n) is 2.42. The number of carbonyl (C=O) groups is 1. The predicted octanol–water partition coefficient (Wildman–Crippen LogP) is 3.18. The van der Waals surface area contributed by atoms with E-state index in [0.717, 1.165) is 12.1 Å². The van der Waals surface area contributed by atoms with Crippen molar-refractivity contribution in [2.24, 2.45) is 0 Å². The number of carbonyl (C=O) groups excluding carboxylic acids is 1. The third-order valence-corrected chi connectivity index (χ3v) is 4.99. The standard InChI is InChI=1S/C18H14F2N4O3S/c1-11(25)23-18-7-12(4-5-22-18)13-6-15(10-21-9-13)24-28(26,27)17-3-2-14(19)8-16(17)20/h2-10,24H,1H3,(H,22,23,25). The number of nitrogens with one attached hydrogen (secondary N) is 2. The highest BCUT2D eigenvalue weighted by molar-refractivity contribution is 7.92. The lowest BCUT2D eigenvalue weighted by Gasteiger charge is -2.10. The molecule has 2 N–H and O–H groups in total. The van der Waals surface area contributed by atoms with E-state index in [4.69, 9.17) is 0 Å². The third kappa shape index (κ3) is 4.46. The molecule has 0 fully saturated rings. The van der Waals surface area contributed by atoms with Crippen LogP contribution < -0.4 is 10.0 Å². The van der Waals surface area contributed by atoms with E-state index in [1.165, 1.54) is 31.6 Å². The Morgan fingerprint density at radius 1 is 1.04 bits per heavy atom. The lowest BCUT2D eigenvalue weighted by atomic mass is 10.1. The van der Waals surface area contributed by atoms with Gasteiger partial charge in [-0.15, -0.1) is 0 Å². The highest BCUT2D eigenvalue weighted by Gasteiger charge is 2.20. The molecule has 0 saturated carbocycles. The average Bonchev–Trinajstić information content (AvgIpc) is 2.61. The quantitative estimate of drug-likeness (QED) is 0.680. The first-order chi connectivity index (χ1) is 13.2. The van der Waals surface area contributed by atoms with E-state index in [2.05, 4.69) is 20.0 Å². The summed E-state index contributed by atoms with van der Waals surface area (Å²) >= 11 is 0. The van der Waals surface area contributed by atoms with Crippen molar-refractivity contribution in [2.45, 2.75) is 11.8 Å². The largest absolute Gasteiger partial charge is 0.311 e. The second kappa shape index (κ2) is 7.69. The molecule has 0 spiro atoms. The summed E-state index contributed by atoms with van der Waals surface area (Å²) in [4.78, 5) is 18.5. The number of pyridine rings is 2. The predicted molar refractivity (Wildman–Crippen MR) is 98.9 cm³/mol. The maximum absolute atomic E-state index is 13.8. The number of aromatic nitrogens is 2. The van der Waals surface area contributed by atoms with Gasteiger partial charge in [-0.1, -0.05) is 0 Å². The second-order valence-electron chi connectivity index (χ2n) is 5.75. The zero-order valence-electron chi connectivity index (χ0n) is 14.5. The van der Waals surface area contributed by atoms with E-state index in [0.29, 0.717) is 23.0 Å². The number of benzene rings is 1. The number of halogens is 2. The van der Waals surface area contributed by atoms with Crippen molar-refractivity contribution in [1.29, 1.82) is 0 Å². The molecular weight excluding hydrogens is 390 g/mol. The first kappa shape index (κ1) is 19.4. The summed E-state index contributed by atoms with van der Waals surface area (Å²) in [6, 6.07) is 6.92. The molecule has 1 amide bonds. The van der Waals surface area contributed by atoms with Gasteiger partial charge in [-0.05, 0) is 35.9 Å². The number of rotatable bonds is 5. The number of sulfonamides is 1. The smallest absolute Gasteiger partial charge is 0.264 e. The third-order valence-electron chi connectivity index (χ3n) is 3.57. The number of anilines is 2. The Bertz CT molecular complexity index is 1150. The van der Waals surface area contributed by atoms with Crippen LogP contribution in [-0.4, -0.2) is 24.3 Å². The molecule has 0 atom stereocenters. The van der Waals surface area contributed by atoms with Crippen molar-refractivity contribution in [3.63, 3.8) is 0 Å². The number of hydrogen-bond acceptors (Lipinski definition) is 5. The minimum atomic E-state index is -4.28. The van der Waals surface area contributed by atoms with Gasteiger partial charge in [0.2, 0.25) is 5.91 Å². The maximum Gasteiger partial charge on any atom is 0.264 e. The van der Waals surface area contributed by atoms with Gasteiger partial charge >= 0.3 is 0 Å². The molecule has 0 aliphatic carbocycles. The fourth-order valence-corrected chi connectivity index (χ4v) is 3.51. The van der Waals surface area contributed by atoms with Crippen LogP contribution in [0, 0.1) is 11.6 Å². The van der Waals surface area contributed by atoms with Crippen molar-refractivity contribution in [2.75, 3.05) is 10.0 Å².